The molecule has 2 aliphatic rings. The van der Waals surface area contributed by atoms with E-state index in [0.29, 0.717) is 29.6 Å². The van der Waals surface area contributed by atoms with Gasteiger partial charge < -0.3 is 14.5 Å². The topological polar surface area (TPSA) is 79.5 Å². The van der Waals surface area contributed by atoms with Gasteiger partial charge in [-0.1, -0.05) is 5.16 Å². The molecule has 0 aliphatic carbocycles. The predicted molar refractivity (Wildman–Crippen MR) is 74.6 cm³/mol. The zero-order valence-electron chi connectivity index (χ0n) is 11.5. The second-order valence-electron chi connectivity index (χ2n) is 5.65. The molecule has 2 atom stereocenters. The second kappa shape index (κ2) is 5.73. The molecule has 2 unspecified atom stereocenters. The number of carboxylic acid groups (broad SMARTS) is 1. The SMILES string of the molecule is CN1C2CCC1CC(c1noc(CSCC(=O)O)n1)C2. The molecule has 20 heavy (non-hydrogen) atoms. The Morgan fingerprint density at radius 1 is 1.45 bits per heavy atom. The fourth-order valence-electron chi connectivity index (χ4n) is 3.34. The normalized spacial score (nSPS) is 29.8. The Kier molecular flexibility index (Phi) is 3.98. The minimum absolute atomic E-state index is 0.0656. The van der Waals surface area contributed by atoms with Gasteiger partial charge in [-0.25, -0.2) is 0 Å². The van der Waals surface area contributed by atoms with Gasteiger partial charge in [0.1, 0.15) is 0 Å². The first kappa shape index (κ1) is 13.9. The number of carboxylic acids is 1. The van der Waals surface area contributed by atoms with E-state index in [1.807, 2.05) is 0 Å². The summed E-state index contributed by atoms with van der Waals surface area (Å²) in [6, 6.07) is 1.31. The van der Waals surface area contributed by atoms with Crippen molar-refractivity contribution in [3.05, 3.63) is 11.7 Å². The lowest BCUT2D eigenvalue weighted by Crippen LogP contribution is -2.39. The minimum Gasteiger partial charge on any atom is -0.481 e. The van der Waals surface area contributed by atoms with Crippen molar-refractivity contribution in [1.29, 1.82) is 0 Å². The van der Waals surface area contributed by atoms with Gasteiger partial charge in [-0.2, -0.15) is 4.98 Å². The summed E-state index contributed by atoms with van der Waals surface area (Å²) in [6.45, 7) is 0. The molecule has 0 radical (unpaired) electrons. The summed E-state index contributed by atoms with van der Waals surface area (Å²) in [4.78, 5) is 17.4. The van der Waals surface area contributed by atoms with E-state index in [-0.39, 0.29) is 5.75 Å². The molecular formula is C13H19N3O3S. The van der Waals surface area contributed by atoms with Crippen molar-refractivity contribution in [1.82, 2.24) is 15.0 Å². The summed E-state index contributed by atoms with van der Waals surface area (Å²) in [7, 11) is 2.21. The van der Waals surface area contributed by atoms with E-state index in [4.69, 9.17) is 9.63 Å². The quantitative estimate of drug-likeness (QED) is 0.886. The van der Waals surface area contributed by atoms with Crippen LogP contribution in [0.3, 0.4) is 0 Å². The van der Waals surface area contributed by atoms with Crippen LogP contribution in [-0.4, -0.2) is 51.0 Å². The molecule has 0 spiro atoms. The first-order chi connectivity index (χ1) is 9.63. The lowest BCUT2D eigenvalue weighted by Gasteiger charge is -2.34. The van der Waals surface area contributed by atoms with E-state index < -0.39 is 5.97 Å². The van der Waals surface area contributed by atoms with Crippen molar-refractivity contribution in [3.8, 4) is 0 Å². The van der Waals surface area contributed by atoms with Crippen LogP contribution < -0.4 is 0 Å². The van der Waals surface area contributed by atoms with Crippen LogP contribution in [0, 0.1) is 0 Å². The number of thioether (sulfide) groups is 1. The summed E-state index contributed by atoms with van der Waals surface area (Å²) in [5.74, 6) is 1.46. The Morgan fingerprint density at radius 3 is 2.80 bits per heavy atom. The Balaban J connectivity index is 1.58. The fourth-order valence-corrected chi connectivity index (χ4v) is 3.91. The molecule has 7 heteroatoms. The summed E-state index contributed by atoms with van der Waals surface area (Å²) in [5, 5.41) is 12.7. The van der Waals surface area contributed by atoms with Crippen LogP contribution in [0.15, 0.2) is 4.52 Å². The van der Waals surface area contributed by atoms with Gasteiger partial charge in [0.2, 0.25) is 5.89 Å². The number of nitrogens with zero attached hydrogens (tertiary/aromatic N) is 3. The molecule has 0 aromatic carbocycles. The standard InChI is InChI=1S/C13H19N3O3S/c1-16-9-2-3-10(16)5-8(4-9)13-14-11(19-15-13)6-20-7-12(17)18/h8-10H,2-7H2,1H3,(H,17,18). The number of hydrogen-bond acceptors (Lipinski definition) is 6. The average Bonchev–Trinajstić information content (AvgIpc) is 2.92. The highest BCUT2D eigenvalue weighted by atomic mass is 32.2. The van der Waals surface area contributed by atoms with Crippen LogP contribution in [0.2, 0.25) is 0 Å². The molecule has 0 amide bonds. The monoisotopic (exact) mass is 297 g/mol. The zero-order valence-corrected chi connectivity index (χ0v) is 12.3. The van der Waals surface area contributed by atoms with Gasteiger partial charge in [0.05, 0.1) is 11.5 Å². The average molecular weight is 297 g/mol. The Labute approximate surface area is 121 Å². The lowest BCUT2D eigenvalue weighted by atomic mass is 9.90. The number of hydrogen-bond donors (Lipinski definition) is 1. The van der Waals surface area contributed by atoms with Crippen molar-refractivity contribution in [2.24, 2.45) is 0 Å². The maximum absolute atomic E-state index is 10.5. The smallest absolute Gasteiger partial charge is 0.313 e. The molecule has 1 aromatic rings. The van der Waals surface area contributed by atoms with Gasteiger partial charge in [0.15, 0.2) is 5.82 Å². The van der Waals surface area contributed by atoms with Gasteiger partial charge in [-0.3, -0.25) is 4.79 Å². The molecule has 3 rings (SSSR count). The molecular weight excluding hydrogens is 278 g/mol. The fraction of sp³-hybridized carbons (Fsp3) is 0.769. The van der Waals surface area contributed by atoms with Crippen molar-refractivity contribution in [3.63, 3.8) is 0 Å². The number of piperidine rings is 1. The number of aliphatic carboxylic acids is 1. The van der Waals surface area contributed by atoms with Crippen LogP contribution in [0.5, 0.6) is 0 Å². The molecule has 110 valence electrons. The van der Waals surface area contributed by atoms with Gasteiger partial charge >= 0.3 is 5.97 Å². The van der Waals surface area contributed by atoms with E-state index in [9.17, 15) is 4.79 Å². The first-order valence-corrected chi connectivity index (χ1v) is 8.13. The number of fused-ring (bicyclic) bond motifs is 2. The van der Waals surface area contributed by atoms with E-state index in [2.05, 4.69) is 22.1 Å². The highest BCUT2D eigenvalue weighted by Gasteiger charge is 2.40. The Morgan fingerprint density at radius 2 is 2.15 bits per heavy atom. The summed E-state index contributed by atoms with van der Waals surface area (Å²) < 4.78 is 5.23. The van der Waals surface area contributed by atoms with Crippen LogP contribution in [-0.2, 0) is 10.5 Å². The molecule has 1 N–H and O–H groups in total. The lowest BCUT2D eigenvalue weighted by molar-refractivity contribution is -0.133. The van der Waals surface area contributed by atoms with Gasteiger partial charge in [0.25, 0.3) is 0 Å². The van der Waals surface area contributed by atoms with Gasteiger partial charge in [-0.05, 0) is 32.7 Å². The largest absolute Gasteiger partial charge is 0.481 e. The maximum atomic E-state index is 10.5. The van der Waals surface area contributed by atoms with Crippen LogP contribution in [0.1, 0.15) is 43.3 Å². The van der Waals surface area contributed by atoms with Gasteiger partial charge in [-0.15, -0.1) is 11.8 Å². The molecule has 3 heterocycles. The molecule has 2 saturated heterocycles. The Bertz CT molecular complexity index is 479. The first-order valence-electron chi connectivity index (χ1n) is 6.97. The zero-order chi connectivity index (χ0) is 14.1. The van der Waals surface area contributed by atoms with E-state index in [1.165, 1.54) is 24.6 Å². The summed E-state index contributed by atoms with van der Waals surface area (Å²) in [6.07, 6.45) is 4.76. The molecule has 2 bridgehead atoms. The second-order valence-corrected chi connectivity index (χ2v) is 6.64. The molecule has 1 aromatic heterocycles. The predicted octanol–water partition coefficient (Wildman–Crippen LogP) is 1.73. The summed E-state index contributed by atoms with van der Waals surface area (Å²) >= 11 is 1.28. The van der Waals surface area contributed by atoms with Crippen LogP contribution >= 0.6 is 11.8 Å². The molecule has 0 saturated carbocycles. The van der Waals surface area contributed by atoms with Crippen LogP contribution in [0.4, 0.5) is 0 Å². The number of aromatic nitrogens is 2. The molecule has 2 aliphatic heterocycles. The van der Waals surface area contributed by atoms with Crippen molar-refractivity contribution < 1.29 is 14.4 Å². The van der Waals surface area contributed by atoms with Crippen molar-refractivity contribution in [2.45, 2.75) is 49.4 Å². The highest BCUT2D eigenvalue weighted by Crippen LogP contribution is 2.41. The minimum atomic E-state index is -0.818. The van der Waals surface area contributed by atoms with Crippen molar-refractivity contribution in [2.75, 3.05) is 12.8 Å². The third-order valence-corrected chi connectivity index (χ3v) is 5.30. The maximum Gasteiger partial charge on any atom is 0.313 e. The van der Waals surface area contributed by atoms with E-state index in [0.717, 1.165) is 18.7 Å². The number of rotatable bonds is 5. The third kappa shape index (κ3) is 2.83. The molecule has 6 nitrogen and oxygen atoms in total. The van der Waals surface area contributed by atoms with Crippen LogP contribution in [0.25, 0.3) is 0 Å². The summed E-state index contributed by atoms with van der Waals surface area (Å²) in [5.41, 5.74) is 0. The third-order valence-electron chi connectivity index (χ3n) is 4.40. The van der Waals surface area contributed by atoms with E-state index >= 15 is 0 Å². The Hall–Kier alpha value is -1.08. The van der Waals surface area contributed by atoms with Gasteiger partial charge in [0, 0.05) is 18.0 Å². The highest BCUT2D eigenvalue weighted by molar-refractivity contribution is 7.99. The van der Waals surface area contributed by atoms with Crippen molar-refractivity contribution >= 4 is 17.7 Å². The number of carbonyl (C=O) groups is 1. The van der Waals surface area contributed by atoms with E-state index in [1.54, 1.807) is 0 Å². The molecule has 2 fully saturated rings.